The molecule has 5 nitrogen and oxygen atoms in total. The lowest BCUT2D eigenvalue weighted by atomic mass is 9.83. The third kappa shape index (κ3) is 3.70. The fourth-order valence-corrected chi connectivity index (χ4v) is 3.69. The average Bonchev–Trinajstić information content (AvgIpc) is 2.68. The molecule has 0 spiro atoms. The van der Waals surface area contributed by atoms with Gasteiger partial charge in [-0.1, -0.05) is 36.4 Å². The van der Waals surface area contributed by atoms with Crippen molar-refractivity contribution >= 4 is 0 Å². The summed E-state index contributed by atoms with van der Waals surface area (Å²) in [6.07, 6.45) is 0.562. The van der Waals surface area contributed by atoms with Gasteiger partial charge in [-0.15, -0.1) is 0 Å². The Labute approximate surface area is 154 Å². The molecule has 0 radical (unpaired) electrons. The number of aliphatic hydroxyl groups excluding tert-OH is 1. The minimum absolute atomic E-state index is 0.0574. The van der Waals surface area contributed by atoms with Crippen LogP contribution in [0.3, 0.4) is 0 Å². The number of rotatable bonds is 5. The van der Waals surface area contributed by atoms with Crippen molar-refractivity contribution in [2.24, 2.45) is 0 Å². The SMILES string of the molecule is COc1cc([C@@H](O)[C@@H](C)N2CCC(O)(c3ccccc3)CC2)ccc1O. The van der Waals surface area contributed by atoms with Gasteiger partial charge in [0.05, 0.1) is 18.8 Å². The van der Waals surface area contributed by atoms with Crippen LogP contribution in [0.15, 0.2) is 48.5 Å². The zero-order valence-electron chi connectivity index (χ0n) is 15.3. The van der Waals surface area contributed by atoms with Crippen molar-refractivity contribution in [3.8, 4) is 11.5 Å². The fourth-order valence-electron chi connectivity index (χ4n) is 3.69. The van der Waals surface area contributed by atoms with E-state index in [1.54, 1.807) is 12.1 Å². The second-order valence-electron chi connectivity index (χ2n) is 7.05. The number of nitrogens with zero attached hydrogens (tertiary/aromatic N) is 1. The smallest absolute Gasteiger partial charge is 0.160 e. The van der Waals surface area contributed by atoms with Crippen molar-refractivity contribution in [2.45, 2.75) is 37.5 Å². The van der Waals surface area contributed by atoms with Crippen LogP contribution in [0.2, 0.25) is 0 Å². The van der Waals surface area contributed by atoms with Crippen LogP contribution in [0.1, 0.15) is 37.0 Å². The monoisotopic (exact) mass is 357 g/mol. The van der Waals surface area contributed by atoms with Crippen LogP contribution in [0.5, 0.6) is 11.5 Å². The summed E-state index contributed by atoms with van der Waals surface area (Å²) in [5.74, 6) is 0.410. The number of phenols is 1. The van der Waals surface area contributed by atoms with Crippen LogP contribution in [-0.2, 0) is 5.60 Å². The summed E-state index contributed by atoms with van der Waals surface area (Å²) < 4.78 is 5.13. The van der Waals surface area contributed by atoms with Gasteiger partial charge in [-0.05, 0) is 43.0 Å². The van der Waals surface area contributed by atoms with Gasteiger partial charge in [0.25, 0.3) is 0 Å². The van der Waals surface area contributed by atoms with Crippen LogP contribution in [-0.4, -0.2) is 46.5 Å². The zero-order chi connectivity index (χ0) is 18.7. The maximum absolute atomic E-state index is 11.0. The molecule has 0 unspecified atom stereocenters. The Kier molecular flexibility index (Phi) is 5.51. The molecule has 1 saturated heterocycles. The van der Waals surface area contributed by atoms with Crippen LogP contribution < -0.4 is 4.74 Å². The van der Waals surface area contributed by atoms with Crippen molar-refractivity contribution in [3.63, 3.8) is 0 Å². The number of methoxy groups -OCH3 is 1. The van der Waals surface area contributed by atoms with E-state index < -0.39 is 11.7 Å². The van der Waals surface area contributed by atoms with E-state index in [0.717, 1.165) is 5.56 Å². The van der Waals surface area contributed by atoms with E-state index in [1.165, 1.54) is 13.2 Å². The molecule has 0 amide bonds. The lowest BCUT2D eigenvalue weighted by molar-refractivity contribution is -0.0501. The average molecular weight is 357 g/mol. The molecule has 1 aliphatic rings. The molecule has 1 aliphatic heterocycles. The molecular weight excluding hydrogens is 330 g/mol. The predicted molar refractivity (Wildman–Crippen MR) is 100 cm³/mol. The molecule has 0 aliphatic carbocycles. The Morgan fingerprint density at radius 1 is 1.08 bits per heavy atom. The molecule has 1 fully saturated rings. The Hall–Kier alpha value is -2.08. The number of hydrogen-bond donors (Lipinski definition) is 3. The number of benzene rings is 2. The minimum atomic E-state index is -0.801. The standard InChI is InChI=1S/C21H27NO4/c1-15(20(24)16-8-9-18(23)19(14-16)26-2)22-12-10-21(25,11-13-22)17-6-4-3-5-7-17/h3-9,14-15,20,23-25H,10-13H2,1-2H3/t15-,20+/m1/s1. The van der Waals surface area contributed by atoms with E-state index in [0.29, 0.717) is 37.2 Å². The highest BCUT2D eigenvalue weighted by molar-refractivity contribution is 5.42. The van der Waals surface area contributed by atoms with Crippen molar-refractivity contribution in [2.75, 3.05) is 20.2 Å². The van der Waals surface area contributed by atoms with E-state index in [-0.39, 0.29) is 11.8 Å². The third-order valence-electron chi connectivity index (χ3n) is 5.51. The molecule has 2 aromatic rings. The van der Waals surface area contributed by atoms with Gasteiger partial charge in [-0.25, -0.2) is 0 Å². The fraction of sp³-hybridized carbons (Fsp3) is 0.429. The molecule has 0 bridgehead atoms. The van der Waals surface area contributed by atoms with Crippen molar-refractivity contribution < 1.29 is 20.1 Å². The van der Waals surface area contributed by atoms with Gasteiger partial charge < -0.3 is 20.1 Å². The summed E-state index contributed by atoms with van der Waals surface area (Å²) in [4.78, 5) is 2.20. The van der Waals surface area contributed by atoms with Crippen LogP contribution in [0.4, 0.5) is 0 Å². The van der Waals surface area contributed by atoms with E-state index >= 15 is 0 Å². The molecule has 2 aromatic carbocycles. The molecule has 3 rings (SSSR count). The summed E-state index contributed by atoms with van der Waals surface area (Å²) in [6, 6.07) is 14.6. The van der Waals surface area contributed by atoms with Gasteiger partial charge in [0, 0.05) is 19.1 Å². The Balaban J connectivity index is 1.67. The lowest BCUT2D eigenvalue weighted by Crippen LogP contribution is -2.47. The minimum Gasteiger partial charge on any atom is -0.504 e. The van der Waals surface area contributed by atoms with Gasteiger partial charge in [0.15, 0.2) is 11.5 Å². The van der Waals surface area contributed by atoms with E-state index in [4.69, 9.17) is 4.74 Å². The van der Waals surface area contributed by atoms with E-state index in [9.17, 15) is 15.3 Å². The first-order valence-corrected chi connectivity index (χ1v) is 9.01. The molecule has 1 heterocycles. The number of piperidine rings is 1. The Morgan fingerprint density at radius 3 is 2.35 bits per heavy atom. The van der Waals surface area contributed by atoms with Crippen LogP contribution in [0, 0.1) is 0 Å². The highest BCUT2D eigenvalue weighted by atomic mass is 16.5. The number of hydrogen-bond acceptors (Lipinski definition) is 5. The Bertz CT molecular complexity index is 726. The van der Waals surface area contributed by atoms with Gasteiger partial charge in [0.2, 0.25) is 0 Å². The van der Waals surface area contributed by atoms with Crippen molar-refractivity contribution in [1.29, 1.82) is 0 Å². The summed E-state index contributed by atoms with van der Waals surface area (Å²) in [6.45, 7) is 3.40. The molecule has 0 aromatic heterocycles. The molecule has 140 valence electrons. The predicted octanol–water partition coefficient (Wildman–Crippen LogP) is 2.81. The normalized spacial score (nSPS) is 19.7. The topological polar surface area (TPSA) is 73.2 Å². The number of aliphatic hydroxyl groups is 2. The molecule has 5 heteroatoms. The van der Waals surface area contributed by atoms with Crippen molar-refractivity contribution in [1.82, 2.24) is 4.90 Å². The first kappa shape index (κ1) is 18.7. The summed E-state index contributed by atoms with van der Waals surface area (Å²) in [5, 5.41) is 31.4. The van der Waals surface area contributed by atoms with Gasteiger partial charge in [0.1, 0.15) is 0 Å². The third-order valence-corrected chi connectivity index (χ3v) is 5.51. The Morgan fingerprint density at radius 2 is 1.73 bits per heavy atom. The van der Waals surface area contributed by atoms with E-state index in [2.05, 4.69) is 4.90 Å². The number of likely N-dealkylation sites (tertiary alicyclic amines) is 1. The van der Waals surface area contributed by atoms with Crippen LogP contribution >= 0.6 is 0 Å². The largest absolute Gasteiger partial charge is 0.504 e. The van der Waals surface area contributed by atoms with Crippen molar-refractivity contribution in [3.05, 3.63) is 59.7 Å². The second-order valence-corrected chi connectivity index (χ2v) is 7.05. The molecular formula is C21H27NO4. The molecule has 0 saturated carbocycles. The van der Waals surface area contributed by atoms with Gasteiger partial charge >= 0.3 is 0 Å². The quantitative estimate of drug-likeness (QED) is 0.767. The summed E-state index contributed by atoms with van der Waals surface area (Å²) in [5.41, 5.74) is 0.858. The highest BCUT2D eigenvalue weighted by Crippen LogP contribution is 2.36. The molecule has 3 N–H and O–H groups in total. The molecule has 2 atom stereocenters. The number of aromatic hydroxyl groups is 1. The second kappa shape index (κ2) is 7.66. The van der Waals surface area contributed by atoms with Gasteiger partial charge in [-0.3, -0.25) is 4.90 Å². The zero-order valence-corrected chi connectivity index (χ0v) is 15.3. The number of phenolic OH excluding ortho intramolecular Hbond substituents is 1. The summed E-state index contributed by atoms with van der Waals surface area (Å²) in [7, 11) is 1.49. The lowest BCUT2D eigenvalue weighted by Gasteiger charge is -2.42. The van der Waals surface area contributed by atoms with E-state index in [1.807, 2.05) is 37.3 Å². The first-order valence-electron chi connectivity index (χ1n) is 9.01. The van der Waals surface area contributed by atoms with Gasteiger partial charge in [-0.2, -0.15) is 0 Å². The maximum Gasteiger partial charge on any atom is 0.160 e. The first-order chi connectivity index (χ1) is 12.4. The molecule has 26 heavy (non-hydrogen) atoms. The highest BCUT2D eigenvalue weighted by Gasteiger charge is 2.36. The maximum atomic E-state index is 11.0. The summed E-state index contributed by atoms with van der Waals surface area (Å²) >= 11 is 0. The number of ether oxygens (including phenoxy) is 1. The van der Waals surface area contributed by atoms with Crippen LogP contribution in [0.25, 0.3) is 0 Å².